The van der Waals surface area contributed by atoms with E-state index in [1.165, 1.54) is 0 Å². The Hall–Kier alpha value is -1.10. The third-order valence-electron chi connectivity index (χ3n) is 4.46. The van der Waals surface area contributed by atoms with E-state index in [-0.39, 0.29) is 17.9 Å². The number of piperazine rings is 1. The summed E-state index contributed by atoms with van der Waals surface area (Å²) in [6, 6.07) is -0.386. The summed E-state index contributed by atoms with van der Waals surface area (Å²) in [5.41, 5.74) is -0.618. The second-order valence-electron chi connectivity index (χ2n) is 5.92. The summed E-state index contributed by atoms with van der Waals surface area (Å²) in [6.45, 7) is 5.66. The number of nitrogens with zero attached hydrogens (tertiary/aromatic N) is 1. The predicted molar refractivity (Wildman–Crippen MR) is 76.2 cm³/mol. The van der Waals surface area contributed by atoms with Crippen LogP contribution in [-0.2, 0) is 14.3 Å². The quantitative estimate of drug-likeness (QED) is 0.750. The number of nitrogens with one attached hydrogen (secondary N) is 1. The second-order valence-corrected chi connectivity index (χ2v) is 5.92. The first-order valence-corrected chi connectivity index (χ1v) is 7.81. The molecule has 1 aliphatic heterocycles. The highest BCUT2D eigenvalue weighted by Crippen LogP contribution is 2.34. The highest BCUT2D eigenvalue weighted by atomic mass is 16.5. The van der Waals surface area contributed by atoms with Crippen molar-refractivity contribution in [2.75, 3.05) is 19.8 Å². The van der Waals surface area contributed by atoms with Crippen LogP contribution in [-0.4, -0.2) is 48.1 Å². The lowest BCUT2D eigenvalue weighted by Crippen LogP contribution is -2.69. The highest BCUT2D eigenvalue weighted by molar-refractivity contribution is 5.99. The molecule has 1 unspecified atom stereocenters. The highest BCUT2D eigenvalue weighted by Gasteiger charge is 2.50. The van der Waals surface area contributed by atoms with E-state index in [0.29, 0.717) is 13.2 Å². The zero-order valence-corrected chi connectivity index (χ0v) is 12.6. The lowest BCUT2D eigenvalue weighted by molar-refractivity contribution is -0.154. The summed E-state index contributed by atoms with van der Waals surface area (Å²) in [6.07, 6.45) is 5.72. The molecule has 2 fully saturated rings. The van der Waals surface area contributed by atoms with Crippen LogP contribution >= 0.6 is 0 Å². The maximum Gasteiger partial charge on any atom is 0.249 e. The van der Waals surface area contributed by atoms with Crippen molar-refractivity contribution in [2.45, 2.75) is 64.0 Å². The summed E-state index contributed by atoms with van der Waals surface area (Å²) < 4.78 is 5.53. The van der Waals surface area contributed by atoms with Gasteiger partial charge in [-0.3, -0.25) is 9.59 Å². The van der Waals surface area contributed by atoms with Gasteiger partial charge in [0, 0.05) is 13.2 Å². The maximum absolute atomic E-state index is 12.7. The van der Waals surface area contributed by atoms with E-state index < -0.39 is 5.54 Å². The number of amides is 2. The van der Waals surface area contributed by atoms with E-state index in [4.69, 9.17) is 4.74 Å². The van der Waals surface area contributed by atoms with Crippen molar-refractivity contribution in [1.29, 1.82) is 0 Å². The number of hydrogen-bond acceptors (Lipinski definition) is 3. The van der Waals surface area contributed by atoms with Crippen molar-refractivity contribution in [3.8, 4) is 0 Å². The molecule has 0 aromatic heterocycles. The molecule has 2 aliphatic rings. The molecule has 20 heavy (non-hydrogen) atoms. The van der Waals surface area contributed by atoms with Crippen LogP contribution in [0.3, 0.4) is 0 Å². The number of hydrogen-bond donors (Lipinski definition) is 1. The maximum atomic E-state index is 12.7. The monoisotopic (exact) mass is 282 g/mol. The van der Waals surface area contributed by atoms with Crippen LogP contribution in [0.25, 0.3) is 0 Å². The van der Waals surface area contributed by atoms with Crippen LogP contribution in [0.4, 0.5) is 0 Å². The molecule has 5 heteroatoms. The summed E-state index contributed by atoms with van der Waals surface area (Å²) in [4.78, 5) is 26.5. The van der Waals surface area contributed by atoms with E-state index in [1.807, 2.05) is 0 Å². The van der Waals surface area contributed by atoms with Gasteiger partial charge >= 0.3 is 0 Å². The van der Waals surface area contributed by atoms with Gasteiger partial charge in [0.1, 0.15) is 11.6 Å². The molecular weight excluding hydrogens is 256 g/mol. The van der Waals surface area contributed by atoms with E-state index in [0.717, 1.165) is 45.1 Å². The fourth-order valence-electron chi connectivity index (χ4n) is 3.11. The zero-order chi connectivity index (χ0) is 14.6. The summed E-state index contributed by atoms with van der Waals surface area (Å²) in [5.74, 6) is 0.0567. The first-order chi connectivity index (χ1) is 9.60. The van der Waals surface area contributed by atoms with Gasteiger partial charge in [0.25, 0.3) is 0 Å². The standard InChI is InChI=1S/C15H26N2O3/c1-3-4-10-20-11-9-17-12(2)13(18)16-15(14(17)19)7-5-6-8-15/h12H,3-11H2,1-2H3,(H,16,18). The molecule has 1 heterocycles. The van der Waals surface area contributed by atoms with Crippen molar-refractivity contribution >= 4 is 11.8 Å². The van der Waals surface area contributed by atoms with Gasteiger partial charge in [0.05, 0.1) is 6.61 Å². The smallest absolute Gasteiger partial charge is 0.249 e. The van der Waals surface area contributed by atoms with Crippen molar-refractivity contribution < 1.29 is 14.3 Å². The molecule has 2 amide bonds. The minimum atomic E-state index is -0.618. The molecule has 0 aromatic rings. The van der Waals surface area contributed by atoms with Gasteiger partial charge in [-0.2, -0.15) is 0 Å². The lowest BCUT2D eigenvalue weighted by Gasteiger charge is -2.43. The molecule has 0 bridgehead atoms. The molecule has 1 spiro atoms. The number of rotatable bonds is 6. The second kappa shape index (κ2) is 6.57. The van der Waals surface area contributed by atoms with Gasteiger partial charge in [0.2, 0.25) is 11.8 Å². The summed E-state index contributed by atoms with van der Waals surface area (Å²) in [7, 11) is 0. The van der Waals surface area contributed by atoms with Gasteiger partial charge in [-0.15, -0.1) is 0 Å². The molecule has 1 N–H and O–H groups in total. The molecule has 114 valence electrons. The number of unbranched alkanes of at least 4 members (excludes halogenated alkanes) is 1. The zero-order valence-electron chi connectivity index (χ0n) is 12.6. The number of ether oxygens (including phenoxy) is 1. The first kappa shape index (κ1) is 15.3. The Morgan fingerprint density at radius 3 is 2.65 bits per heavy atom. The van der Waals surface area contributed by atoms with Gasteiger partial charge < -0.3 is 15.0 Å². The average molecular weight is 282 g/mol. The fraction of sp³-hybridized carbons (Fsp3) is 0.867. The van der Waals surface area contributed by atoms with Crippen LogP contribution < -0.4 is 5.32 Å². The Labute approximate surface area is 121 Å². The molecule has 1 saturated heterocycles. The normalized spacial score (nSPS) is 25.3. The third-order valence-corrected chi connectivity index (χ3v) is 4.46. The van der Waals surface area contributed by atoms with Crippen LogP contribution in [0, 0.1) is 0 Å². The summed E-state index contributed by atoms with van der Waals surface area (Å²) >= 11 is 0. The minimum Gasteiger partial charge on any atom is -0.380 e. The molecule has 0 aromatic carbocycles. The SMILES string of the molecule is CCCCOCCN1C(=O)C2(CCCC2)NC(=O)C1C. The Bertz CT molecular complexity index is 364. The van der Waals surface area contributed by atoms with Gasteiger partial charge in [-0.1, -0.05) is 26.2 Å². The third kappa shape index (κ3) is 2.97. The van der Waals surface area contributed by atoms with Crippen molar-refractivity contribution in [3.63, 3.8) is 0 Å². The Morgan fingerprint density at radius 1 is 1.30 bits per heavy atom. The topological polar surface area (TPSA) is 58.6 Å². The molecule has 1 atom stereocenters. The fourth-order valence-corrected chi connectivity index (χ4v) is 3.11. The predicted octanol–water partition coefficient (Wildman–Crippen LogP) is 1.46. The molecule has 0 radical (unpaired) electrons. The first-order valence-electron chi connectivity index (χ1n) is 7.81. The van der Waals surface area contributed by atoms with Crippen molar-refractivity contribution in [1.82, 2.24) is 10.2 Å². The number of carbonyl (C=O) groups excluding carboxylic acids is 2. The Balaban J connectivity index is 1.94. The Morgan fingerprint density at radius 2 is 2.00 bits per heavy atom. The van der Waals surface area contributed by atoms with Gasteiger partial charge in [0.15, 0.2) is 0 Å². The van der Waals surface area contributed by atoms with Gasteiger partial charge in [-0.25, -0.2) is 0 Å². The summed E-state index contributed by atoms with van der Waals surface area (Å²) in [5, 5.41) is 2.96. The molecule has 1 saturated carbocycles. The van der Waals surface area contributed by atoms with Crippen molar-refractivity contribution in [2.24, 2.45) is 0 Å². The minimum absolute atomic E-state index is 0.0277. The Kier molecular flexibility index (Phi) is 5.02. The number of carbonyl (C=O) groups is 2. The molecule has 2 rings (SSSR count). The average Bonchev–Trinajstić information content (AvgIpc) is 2.89. The van der Waals surface area contributed by atoms with Crippen LogP contribution in [0.2, 0.25) is 0 Å². The van der Waals surface area contributed by atoms with Crippen LogP contribution in [0.1, 0.15) is 52.4 Å². The van der Waals surface area contributed by atoms with Crippen LogP contribution in [0.15, 0.2) is 0 Å². The molecule has 5 nitrogen and oxygen atoms in total. The van der Waals surface area contributed by atoms with Crippen molar-refractivity contribution in [3.05, 3.63) is 0 Å². The molecular formula is C15H26N2O3. The van der Waals surface area contributed by atoms with Crippen LogP contribution in [0.5, 0.6) is 0 Å². The van der Waals surface area contributed by atoms with E-state index in [1.54, 1.807) is 11.8 Å². The largest absolute Gasteiger partial charge is 0.380 e. The lowest BCUT2D eigenvalue weighted by atomic mass is 9.91. The van der Waals surface area contributed by atoms with E-state index in [2.05, 4.69) is 12.2 Å². The van der Waals surface area contributed by atoms with Gasteiger partial charge in [-0.05, 0) is 26.2 Å². The van der Waals surface area contributed by atoms with E-state index in [9.17, 15) is 9.59 Å². The van der Waals surface area contributed by atoms with E-state index >= 15 is 0 Å². The molecule has 1 aliphatic carbocycles.